The lowest BCUT2D eigenvalue weighted by Gasteiger charge is -2.39. The topological polar surface area (TPSA) is 32.3 Å². The number of aliphatic hydroxyl groups is 1. The van der Waals surface area contributed by atoms with Gasteiger partial charge >= 0.3 is 0 Å². The monoisotopic (exact) mass is 229 g/mol. The van der Waals surface area contributed by atoms with Crippen molar-refractivity contribution in [1.29, 1.82) is 0 Å². The van der Waals surface area contributed by atoms with E-state index in [9.17, 15) is 5.11 Å². The van der Waals surface area contributed by atoms with Gasteiger partial charge in [-0.1, -0.05) is 18.2 Å². The minimum atomic E-state index is -0.418. The summed E-state index contributed by atoms with van der Waals surface area (Å²) in [5.74, 6) is 1.42. The van der Waals surface area contributed by atoms with Crippen molar-refractivity contribution in [2.75, 3.05) is 5.32 Å². The molecule has 0 spiro atoms. The van der Waals surface area contributed by atoms with Crippen molar-refractivity contribution in [2.45, 2.75) is 43.7 Å². The second-order valence-corrected chi connectivity index (χ2v) is 6.02. The van der Waals surface area contributed by atoms with Gasteiger partial charge in [0.05, 0.1) is 11.6 Å². The van der Waals surface area contributed by atoms with Crippen LogP contribution in [0.5, 0.6) is 0 Å². The third kappa shape index (κ3) is 1.37. The van der Waals surface area contributed by atoms with Gasteiger partial charge in [-0.2, -0.15) is 0 Å². The third-order valence-corrected chi connectivity index (χ3v) is 5.13. The minimum absolute atomic E-state index is 0.273. The van der Waals surface area contributed by atoms with E-state index >= 15 is 0 Å². The van der Waals surface area contributed by atoms with Crippen molar-refractivity contribution >= 4 is 5.69 Å². The molecule has 0 radical (unpaired) electrons. The van der Waals surface area contributed by atoms with E-state index in [1.807, 2.05) is 0 Å². The van der Waals surface area contributed by atoms with Crippen molar-refractivity contribution in [1.82, 2.24) is 0 Å². The number of hydrogen-bond donors (Lipinski definition) is 2. The van der Waals surface area contributed by atoms with Crippen molar-refractivity contribution in [3.63, 3.8) is 0 Å². The highest BCUT2D eigenvalue weighted by molar-refractivity contribution is 5.54. The summed E-state index contributed by atoms with van der Waals surface area (Å²) in [6, 6.07) is 8.78. The standard InChI is InChI=1S/C15H19NO/c17-15(8-7-11-9-12(11)15)14-6-5-10-3-1-2-4-13(10)16-14/h1-4,11-12,14,16-17H,5-9H2. The molecule has 0 amide bonds. The van der Waals surface area contributed by atoms with Gasteiger partial charge in [-0.25, -0.2) is 0 Å². The lowest BCUT2D eigenvalue weighted by Crippen LogP contribution is -2.49. The molecule has 0 aromatic heterocycles. The van der Waals surface area contributed by atoms with Crippen LogP contribution in [-0.4, -0.2) is 16.7 Å². The molecule has 2 fully saturated rings. The molecular formula is C15H19NO. The summed E-state index contributed by atoms with van der Waals surface area (Å²) in [4.78, 5) is 0. The van der Waals surface area contributed by atoms with Crippen LogP contribution in [0.1, 0.15) is 31.2 Å². The van der Waals surface area contributed by atoms with Gasteiger partial charge in [-0.3, -0.25) is 0 Å². The van der Waals surface area contributed by atoms with Crippen LogP contribution in [0.15, 0.2) is 24.3 Å². The summed E-state index contributed by atoms with van der Waals surface area (Å²) in [6.45, 7) is 0. The fourth-order valence-corrected chi connectivity index (χ4v) is 4.03. The third-order valence-electron chi connectivity index (χ3n) is 5.13. The van der Waals surface area contributed by atoms with Gasteiger partial charge in [0, 0.05) is 5.69 Å². The van der Waals surface area contributed by atoms with E-state index in [1.54, 1.807) is 0 Å². The molecule has 2 heteroatoms. The predicted octanol–water partition coefficient (Wildman–Crippen LogP) is 2.57. The number of fused-ring (bicyclic) bond motifs is 2. The Balaban J connectivity index is 1.62. The first-order valence-electron chi connectivity index (χ1n) is 6.84. The van der Waals surface area contributed by atoms with Crippen molar-refractivity contribution in [2.24, 2.45) is 11.8 Å². The van der Waals surface area contributed by atoms with E-state index in [0.29, 0.717) is 5.92 Å². The molecule has 0 bridgehead atoms. The number of benzene rings is 1. The Morgan fingerprint density at radius 1 is 1.24 bits per heavy atom. The lowest BCUT2D eigenvalue weighted by molar-refractivity contribution is 0.00262. The SMILES string of the molecule is OC1(C2CCc3ccccc3N2)CCC2CC21. The van der Waals surface area contributed by atoms with E-state index in [1.165, 1.54) is 24.1 Å². The molecule has 2 aliphatic carbocycles. The van der Waals surface area contributed by atoms with Gasteiger partial charge in [-0.05, 0) is 55.6 Å². The average Bonchev–Trinajstić information content (AvgIpc) is 3.09. The number of nitrogens with one attached hydrogen (secondary N) is 1. The maximum absolute atomic E-state index is 10.9. The maximum Gasteiger partial charge on any atom is 0.0878 e. The number of para-hydroxylation sites is 1. The Morgan fingerprint density at radius 3 is 2.88 bits per heavy atom. The molecule has 4 rings (SSSR count). The highest BCUT2D eigenvalue weighted by atomic mass is 16.3. The van der Waals surface area contributed by atoms with Crippen LogP contribution in [0.2, 0.25) is 0 Å². The number of rotatable bonds is 1. The van der Waals surface area contributed by atoms with Gasteiger partial charge in [0.1, 0.15) is 0 Å². The summed E-state index contributed by atoms with van der Waals surface area (Å²) in [5, 5.41) is 14.5. The van der Waals surface area contributed by atoms with E-state index in [2.05, 4.69) is 29.6 Å². The van der Waals surface area contributed by atoms with Crippen molar-refractivity contribution in [3.05, 3.63) is 29.8 Å². The number of aryl methyl sites for hydroxylation is 1. The molecule has 2 saturated carbocycles. The Bertz CT molecular complexity index is 458. The predicted molar refractivity (Wildman–Crippen MR) is 68.0 cm³/mol. The van der Waals surface area contributed by atoms with Crippen LogP contribution in [0.4, 0.5) is 5.69 Å². The molecular weight excluding hydrogens is 210 g/mol. The lowest BCUT2D eigenvalue weighted by atomic mass is 9.82. The highest BCUT2D eigenvalue weighted by Gasteiger charge is 2.60. The van der Waals surface area contributed by atoms with Crippen molar-refractivity contribution in [3.8, 4) is 0 Å². The van der Waals surface area contributed by atoms with Gasteiger partial charge in [0.15, 0.2) is 0 Å². The van der Waals surface area contributed by atoms with Crippen LogP contribution in [0.25, 0.3) is 0 Å². The first-order valence-corrected chi connectivity index (χ1v) is 6.84. The summed E-state index contributed by atoms with van der Waals surface area (Å²) in [5.41, 5.74) is 2.22. The molecule has 3 aliphatic rings. The molecule has 4 unspecified atom stereocenters. The Kier molecular flexibility index (Phi) is 1.91. The van der Waals surface area contributed by atoms with E-state index in [4.69, 9.17) is 0 Å². The van der Waals surface area contributed by atoms with E-state index in [-0.39, 0.29) is 6.04 Å². The maximum atomic E-state index is 10.9. The summed E-state index contributed by atoms with van der Waals surface area (Å²) in [7, 11) is 0. The van der Waals surface area contributed by atoms with E-state index in [0.717, 1.165) is 25.2 Å². The van der Waals surface area contributed by atoms with Gasteiger partial charge in [0.2, 0.25) is 0 Å². The summed E-state index contributed by atoms with van der Waals surface area (Å²) < 4.78 is 0. The normalized spacial score (nSPS) is 42.5. The minimum Gasteiger partial charge on any atom is -0.387 e. The molecule has 4 atom stereocenters. The van der Waals surface area contributed by atoms with Gasteiger partial charge < -0.3 is 10.4 Å². The largest absolute Gasteiger partial charge is 0.387 e. The zero-order valence-electron chi connectivity index (χ0n) is 10.0. The Labute approximate surface area is 102 Å². The van der Waals surface area contributed by atoms with E-state index < -0.39 is 5.60 Å². The zero-order valence-corrected chi connectivity index (χ0v) is 10.0. The second-order valence-electron chi connectivity index (χ2n) is 6.02. The number of anilines is 1. The smallest absolute Gasteiger partial charge is 0.0878 e. The molecule has 17 heavy (non-hydrogen) atoms. The fraction of sp³-hybridized carbons (Fsp3) is 0.600. The summed E-state index contributed by atoms with van der Waals surface area (Å²) >= 11 is 0. The molecule has 1 aromatic rings. The van der Waals surface area contributed by atoms with Crippen LogP contribution >= 0.6 is 0 Å². The molecule has 0 saturated heterocycles. The number of hydrogen-bond acceptors (Lipinski definition) is 2. The van der Waals surface area contributed by atoms with Crippen LogP contribution in [0, 0.1) is 11.8 Å². The van der Waals surface area contributed by atoms with Gasteiger partial charge in [-0.15, -0.1) is 0 Å². The molecule has 1 heterocycles. The van der Waals surface area contributed by atoms with Crippen LogP contribution in [-0.2, 0) is 6.42 Å². The molecule has 2 N–H and O–H groups in total. The first kappa shape index (κ1) is 9.95. The van der Waals surface area contributed by atoms with Crippen LogP contribution < -0.4 is 5.32 Å². The first-order chi connectivity index (χ1) is 8.27. The fourth-order valence-electron chi connectivity index (χ4n) is 4.03. The summed E-state index contributed by atoms with van der Waals surface area (Å²) in [6.07, 6.45) is 5.68. The average molecular weight is 229 g/mol. The molecule has 1 aliphatic heterocycles. The Hall–Kier alpha value is -1.02. The molecule has 90 valence electrons. The zero-order chi connectivity index (χ0) is 11.5. The quantitative estimate of drug-likeness (QED) is 0.775. The van der Waals surface area contributed by atoms with Gasteiger partial charge in [0.25, 0.3) is 0 Å². The van der Waals surface area contributed by atoms with Crippen LogP contribution in [0.3, 0.4) is 0 Å². The molecule has 1 aromatic carbocycles. The van der Waals surface area contributed by atoms with Crippen molar-refractivity contribution < 1.29 is 5.11 Å². The molecule has 2 nitrogen and oxygen atoms in total. The highest BCUT2D eigenvalue weighted by Crippen LogP contribution is 2.59. The second kappa shape index (κ2) is 3.26. The Morgan fingerprint density at radius 2 is 2.12 bits per heavy atom.